The molecule has 3 rings (SSSR count). The van der Waals surface area contributed by atoms with Gasteiger partial charge in [0.1, 0.15) is 0 Å². The van der Waals surface area contributed by atoms with Crippen molar-refractivity contribution >= 4 is 23.3 Å². The standard InChI is InChI=1S/C16H13ClO/c17-16-7-3-6-13-14(16)9-8-11-4-1-2-5-12(11)15(13)10-18/h1-9,14,18H,10H2. The van der Waals surface area contributed by atoms with E-state index in [0.29, 0.717) is 0 Å². The number of rotatable bonds is 1. The molecule has 2 heteroatoms. The van der Waals surface area contributed by atoms with Gasteiger partial charge >= 0.3 is 0 Å². The third-order valence-electron chi connectivity index (χ3n) is 3.42. The van der Waals surface area contributed by atoms with E-state index in [0.717, 1.165) is 27.3 Å². The molecule has 0 aliphatic heterocycles. The van der Waals surface area contributed by atoms with E-state index in [9.17, 15) is 5.11 Å². The zero-order valence-electron chi connectivity index (χ0n) is 9.81. The first kappa shape index (κ1) is 11.5. The Morgan fingerprint density at radius 3 is 2.83 bits per heavy atom. The number of aliphatic hydroxyl groups is 1. The number of halogens is 1. The van der Waals surface area contributed by atoms with Gasteiger partial charge in [-0.1, -0.05) is 60.2 Å². The summed E-state index contributed by atoms with van der Waals surface area (Å²) >= 11 is 6.27. The summed E-state index contributed by atoms with van der Waals surface area (Å²) in [6.07, 6.45) is 10.1. The Labute approximate surface area is 111 Å². The highest BCUT2D eigenvalue weighted by molar-refractivity contribution is 6.30. The molecule has 0 heterocycles. The summed E-state index contributed by atoms with van der Waals surface area (Å²) in [7, 11) is 0. The minimum atomic E-state index is 0.0268. The second-order valence-electron chi connectivity index (χ2n) is 4.43. The minimum absolute atomic E-state index is 0.0268. The molecule has 90 valence electrons. The van der Waals surface area contributed by atoms with E-state index in [4.69, 9.17) is 11.6 Å². The maximum atomic E-state index is 9.71. The lowest BCUT2D eigenvalue weighted by Crippen LogP contribution is -2.06. The average Bonchev–Trinajstić information content (AvgIpc) is 2.56. The van der Waals surface area contributed by atoms with Crippen LogP contribution in [0, 0.1) is 5.92 Å². The largest absolute Gasteiger partial charge is 0.392 e. The molecule has 1 nitrogen and oxygen atoms in total. The topological polar surface area (TPSA) is 20.2 Å². The van der Waals surface area contributed by atoms with Gasteiger partial charge in [-0.3, -0.25) is 0 Å². The fourth-order valence-electron chi connectivity index (χ4n) is 2.53. The first-order valence-corrected chi connectivity index (χ1v) is 6.34. The maximum Gasteiger partial charge on any atom is 0.0690 e. The van der Waals surface area contributed by atoms with Crippen molar-refractivity contribution in [3.05, 3.63) is 70.3 Å². The molecule has 1 aromatic carbocycles. The molecule has 2 aliphatic rings. The molecule has 0 amide bonds. The summed E-state index contributed by atoms with van der Waals surface area (Å²) < 4.78 is 0. The van der Waals surface area contributed by atoms with Crippen molar-refractivity contribution in [1.29, 1.82) is 0 Å². The fraction of sp³-hybridized carbons (Fsp3) is 0.125. The predicted octanol–water partition coefficient (Wildman–Crippen LogP) is 3.77. The van der Waals surface area contributed by atoms with Crippen molar-refractivity contribution in [3.8, 4) is 0 Å². The van der Waals surface area contributed by atoms with Gasteiger partial charge < -0.3 is 5.11 Å². The van der Waals surface area contributed by atoms with Crippen molar-refractivity contribution in [1.82, 2.24) is 0 Å². The van der Waals surface area contributed by atoms with E-state index < -0.39 is 0 Å². The highest BCUT2D eigenvalue weighted by Crippen LogP contribution is 2.38. The van der Waals surface area contributed by atoms with Crippen molar-refractivity contribution in [2.45, 2.75) is 0 Å². The lowest BCUT2D eigenvalue weighted by atomic mass is 9.89. The third kappa shape index (κ3) is 1.76. The fourth-order valence-corrected chi connectivity index (χ4v) is 2.80. The molecular formula is C16H13ClO. The van der Waals surface area contributed by atoms with Gasteiger partial charge in [-0.05, 0) is 28.3 Å². The van der Waals surface area contributed by atoms with Gasteiger partial charge in [-0.15, -0.1) is 0 Å². The second kappa shape index (κ2) is 4.60. The van der Waals surface area contributed by atoms with Gasteiger partial charge in [0, 0.05) is 11.0 Å². The first-order chi connectivity index (χ1) is 8.81. The van der Waals surface area contributed by atoms with Crippen LogP contribution in [0.3, 0.4) is 0 Å². The van der Waals surface area contributed by atoms with E-state index in [2.05, 4.69) is 18.2 Å². The Hall–Kier alpha value is -1.57. The normalized spacial score (nSPS) is 21.2. The van der Waals surface area contributed by atoms with E-state index in [-0.39, 0.29) is 12.5 Å². The quantitative estimate of drug-likeness (QED) is 0.811. The van der Waals surface area contributed by atoms with Crippen LogP contribution >= 0.6 is 11.6 Å². The molecule has 0 fully saturated rings. The zero-order valence-corrected chi connectivity index (χ0v) is 10.6. The Kier molecular flexibility index (Phi) is 2.94. The number of hydrogen-bond donors (Lipinski definition) is 1. The number of allylic oxidation sites excluding steroid dienone is 6. The summed E-state index contributed by atoms with van der Waals surface area (Å²) in [5.74, 6) is 0.0613. The van der Waals surface area contributed by atoms with Gasteiger partial charge in [0.15, 0.2) is 0 Å². The van der Waals surface area contributed by atoms with Gasteiger partial charge in [0.25, 0.3) is 0 Å². The van der Waals surface area contributed by atoms with Gasteiger partial charge in [0.05, 0.1) is 6.61 Å². The molecule has 1 N–H and O–H groups in total. The summed E-state index contributed by atoms with van der Waals surface area (Å²) in [4.78, 5) is 0. The monoisotopic (exact) mass is 256 g/mol. The molecule has 1 atom stereocenters. The highest BCUT2D eigenvalue weighted by atomic mass is 35.5. The molecule has 0 aromatic heterocycles. The summed E-state index contributed by atoms with van der Waals surface area (Å²) in [6.45, 7) is 0.0268. The van der Waals surface area contributed by atoms with Crippen LogP contribution in [-0.2, 0) is 0 Å². The molecule has 0 spiro atoms. The van der Waals surface area contributed by atoms with Crippen molar-refractivity contribution < 1.29 is 5.11 Å². The van der Waals surface area contributed by atoms with Crippen LogP contribution in [0.2, 0.25) is 0 Å². The Morgan fingerprint density at radius 2 is 2.00 bits per heavy atom. The Morgan fingerprint density at radius 1 is 1.17 bits per heavy atom. The van der Waals surface area contributed by atoms with Crippen LogP contribution in [-0.4, -0.2) is 11.7 Å². The lowest BCUT2D eigenvalue weighted by molar-refractivity contribution is 0.349. The van der Waals surface area contributed by atoms with E-state index in [1.807, 2.05) is 36.4 Å². The minimum Gasteiger partial charge on any atom is -0.392 e. The van der Waals surface area contributed by atoms with Crippen LogP contribution < -0.4 is 0 Å². The van der Waals surface area contributed by atoms with Crippen molar-refractivity contribution in [2.75, 3.05) is 6.61 Å². The van der Waals surface area contributed by atoms with Crippen LogP contribution in [0.15, 0.2) is 59.2 Å². The predicted molar refractivity (Wildman–Crippen MR) is 76.0 cm³/mol. The number of aliphatic hydroxyl groups excluding tert-OH is 1. The molecule has 0 radical (unpaired) electrons. The molecule has 0 saturated carbocycles. The molecular weight excluding hydrogens is 244 g/mol. The molecule has 0 bridgehead atoms. The van der Waals surface area contributed by atoms with Gasteiger partial charge in [-0.25, -0.2) is 0 Å². The molecule has 2 aliphatic carbocycles. The number of hydrogen-bond acceptors (Lipinski definition) is 1. The van der Waals surface area contributed by atoms with Gasteiger partial charge in [-0.2, -0.15) is 0 Å². The molecule has 1 unspecified atom stereocenters. The van der Waals surface area contributed by atoms with Crippen LogP contribution in [0.25, 0.3) is 11.6 Å². The highest BCUT2D eigenvalue weighted by Gasteiger charge is 2.23. The van der Waals surface area contributed by atoms with Crippen LogP contribution in [0.1, 0.15) is 11.1 Å². The molecule has 0 saturated heterocycles. The molecule has 1 aromatic rings. The van der Waals surface area contributed by atoms with E-state index in [1.165, 1.54) is 0 Å². The first-order valence-electron chi connectivity index (χ1n) is 5.96. The maximum absolute atomic E-state index is 9.71. The van der Waals surface area contributed by atoms with Crippen LogP contribution in [0.5, 0.6) is 0 Å². The van der Waals surface area contributed by atoms with Gasteiger partial charge in [0.2, 0.25) is 0 Å². The zero-order chi connectivity index (χ0) is 12.5. The lowest BCUT2D eigenvalue weighted by Gasteiger charge is -2.19. The molecule has 18 heavy (non-hydrogen) atoms. The summed E-state index contributed by atoms with van der Waals surface area (Å²) in [6, 6.07) is 8.10. The van der Waals surface area contributed by atoms with Crippen molar-refractivity contribution in [2.24, 2.45) is 5.92 Å². The Bertz CT molecular complexity index is 605. The number of fused-ring (bicyclic) bond motifs is 2. The SMILES string of the molecule is OCC1=C2C=CC=C(Cl)C2C=Cc2ccccc21. The van der Waals surface area contributed by atoms with Crippen molar-refractivity contribution in [3.63, 3.8) is 0 Å². The second-order valence-corrected chi connectivity index (χ2v) is 4.86. The number of benzene rings is 1. The van der Waals surface area contributed by atoms with E-state index >= 15 is 0 Å². The van der Waals surface area contributed by atoms with Crippen LogP contribution in [0.4, 0.5) is 0 Å². The van der Waals surface area contributed by atoms with E-state index in [1.54, 1.807) is 0 Å². The third-order valence-corrected chi connectivity index (χ3v) is 3.79. The Balaban J connectivity index is 2.27. The summed E-state index contributed by atoms with van der Waals surface area (Å²) in [5, 5.41) is 10.5. The summed E-state index contributed by atoms with van der Waals surface area (Å²) in [5.41, 5.74) is 4.26. The average molecular weight is 257 g/mol. The smallest absolute Gasteiger partial charge is 0.0690 e.